The van der Waals surface area contributed by atoms with Crippen LogP contribution in [0.25, 0.3) is 0 Å². The summed E-state index contributed by atoms with van der Waals surface area (Å²) >= 11 is 0. The van der Waals surface area contributed by atoms with Gasteiger partial charge in [0.05, 0.1) is 0 Å². The van der Waals surface area contributed by atoms with E-state index in [0.29, 0.717) is 22.6 Å². The first-order valence-electron chi connectivity index (χ1n) is 7.47. The third-order valence-electron chi connectivity index (χ3n) is 2.91. The van der Waals surface area contributed by atoms with Crippen LogP contribution in [0.3, 0.4) is 0 Å². The van der Waals surface area contributed by atoms with E-state index < -0.39 is 18.8 Å². The van der Waals surface area contributed by atoms with Gasteiger partial charge in [-0.25, -0.2) is 4.79 Å². The van der Waals surface area contributed by atoms with Gasteiger partial charge in [-0.05, 0) is 62.6 Å². The zero-order valence-corrected chi connectivity index (χ0v) is 13.8. The predicted octanol–water partition coefficient (Wildman–Crippen LogP) is 3.24. The number of carbonyl (C=O) groups excluding carboxylic acids is 1. The van der Waals surface area contributed by atoms with Crippen LogP contribution < -0.4 is 15.5 Å². The molecule has 0 fully saturated rings. The second-order valence-corrected chi connectivity index (χ2v) is 6.20. The van der Waals surface area contributed by atoms with Crippen LogP contribution in [0.15, 0.2) is 48.5 Å². The topological polar surface area (TPSA) is 88.0 Å². The number of anilines is 1. The Morgan fingerprint density at radius 1 is 1.00 bits per heavy atom. The van der Waals surface area contributed by atoms with E-state index in [2.05, 4.69) is 5.32 Å². The first kappa shape index (κ1) is 17.8. The molecule has 0 aliphatic carbocycles. The van der Waals surface area contributed by atoms with Crippen molar-refractivity contribution in [2.24, 2.45) is 0 Å². The molecule has 24 heavy (non-hydrogen) atoms. The molecule has 2 aromatic rings. The normalized spacial score (nSPS) is 10.9. The van der Waals surface area contributed by atoms with Crippen molar-refractivity contribution < 1.29 is 28.6 Å². The first-order chi connectivity index (χ1) is 11.2. The molecule has 132 valence electrons. The summed E-state index contributed by atoms with van der Waals surface area (Å²) in [4.78, 5) is 11.7. The molecule has 0 aliphatic rings. The first-order valence-corrected chi connectivity index (χ1v) is 7.47. The van der Waals surface area contributed by atoms with Gasteiger partial charge in [0.15, 0.2) is 0 Å². The molecule has 0 atom stereocenters. The molecule has 0 saturated heterocycles. The third kappa shape index (κ3) is 5.60. The Morgan fingerprint density at radius 2 is 1.50 bits per heavy atom. The zero-order chi connectivity index (χ0) is 17.7. The van der Waals surface area contributed by atoms with Gasteiger partial charge in [0.2, 0.25) is 0 Å². The summed E-state index contributed by atoms with van der Waals surface area (Å²) in [5, 5.41) is 20.7. The lowest BCUT2D eigenvalue weighted by Crippen LogP contribution is -2.29. The SMILES string of the molecule is CC(C)(C)OC(=O)Nc1ccc(Oc2ccc(B(O)O)cc2)cc1.[HH].[HH].[HH]. The minimum atomic E-state index is -1.50. The van der Waals surface area contributed by atoms with Crippen LogP contribution in [0.2, 0.25) is 0 Å². The fraction of sp³-hybridized carbons (Fsp3) is 0.235. The van der Waals surface area contributed by atoms with Crippen molar-refractivity contribution in [3.05, 3.63) is 48.5 Å². The Labute approximate surface area is 145 Å². The van der Waals surface area contributed by atoms with Crippen LogP contribution in [-0.2, 0) is 4.74 Å². The summed E-state index contributed by atoms with van der Waals surface area (Å²) < 4.78 is 10.8. The second-order valence-electron chi connectivity index (χ2n) is 6.20. The van der Waals surface area contributed by atoms with Crippen molar-refractivity contribution in [2.75, 3.05) is 5.32 Å². The fourth-order valence-electron chi connectivity index (χ4n) is 1.87. The molecule has 0 aliphatic heterocycles. The number of benzene rings is 2. The molecule has 0 saturated carbocycles. The minimum absolute atomic E-state index is 0. The second kappa shape index (κ2) is 7.38. The smallest absolute Gasteiger partial charge is 0.457 e. The Morgan fingerprint density at radius 3 is 1.96 bits per heavy atom. The molecule has 2 aromatic carbocycles. The largest absolute Gasteiger partial charge is 0.488 e. The van der Waals surface area contributed by atoms with Crippen molar-refractivity contribution in [3.63, 3.8) is 0 Å². The molecular weight excluding hydrogens is 309 g/mol. The summed E-state index contributed by atoms with van der Waals surface area (Å²) in [6.07, 6.45) is -0.519. The number of rotatable bonds is 4. The molecule has 2 rings (SSSR count). The maximum atomic E-state index is 11.7. The maximum absolute atomic E-state index is 11.7. The molecule has 6 nitrogen and oxygen atoms in total. The molecule has 3 N–H and O–H groups in total. The zero-order valence-electron chi connectivity index (χ0n) is 13.8. The molecule has 0 aromatic heterocycles. The van der Waals surface area contributed by atoms with Gasteiger partial charge >= 0.3 is 13.2 Å². The van der Waals surface area contributed by atoms with Crippen molar-refractivity contribution >= 4 is 24.4 Å². The number of ether oxygens (including phenoxy) is 2. The predicted molar refractivity (Wildman–Crippen MR) is 99.0 cm³/mol. The average molecular weight is 335 g/mol. The highest BCUT2D eigenvalue weighted by molar-refractivity contribution is 6.58. The summed E-state index contributed by atoms with van der Waals surface area (Å²) in [6, 6.07) is 13.2. The Bertz CT molecular complexity index is 691. The monoisotopic (exact) mass is 335 g/mol. The third-order valence-corrected chi connectivity index (χ3v) is 2.91. The molecule has 7 heteroatoms. The number of hydrogen-bond acceptors (Lipinski definition) is 5. The van der Waals surface area contributed by atoms with Gasteiger partial charge in [-0.3, -0.25) is 5.32 Å². The van der Waals surface area contributed by atoms with Crippen LogP contribution in [0.4, 0.5) is 10.5 Å². The van der Waals surface area contributed by atoms with Gasteiger partial charge in [0.1, 0.15) is 17.1 Å². The van der Waals surface area contributed by atoms with Gasteiger partial charge in [-0.15, -0.1) is 0 Å². The Balaban J connectivity index is 0. The molecule has 0 unspecified atom stereocenters. The molecule has 1 amide bonds. The summed E-state index contributed by atoms with van der Waals surface area (Å²) in [6.45, 7) is 5.39. The Kier molecular flexibility index (Phi) is 5.48. The van der Waals surface area contributed by atoms with Gasteiger partial charge in [0, 0.05) is 9.97 Å². The lowest BCUT2D eigenvalue weighted by Gasteiger charge is -2.19. The van der Waals surface area contributed by atoms with Crippen LogP contribution >= 0.6 is 0 Å². The van der Waals surface area contributed by atoms with E-state index in [-0.39, 0.29) is 4.28 Å². The van der Waals surface area contributed by atoms with E-state index in [1.807, 2.05) is 0 Å². The average Bonchev–Trinajstić information content (AvgIpc) is 2.48. The molecule has 0 heterocycles. The number of hydrogen-bond donors (Lipinski definition) is 3. The fourth-order valence-corrected chi connectivity index (χ4v) is 1.87. The van der Waals surface area contributed by atoms with E-state index in [0.717, 1.165) is 0 Å². The standard InChI is InChI=1S/C17H20BNO5.3H2/c1-17(2,3)24-16(20)19-13-6-10-15(11-7-13)23-14-8-4-12(5-9-14)18(21)22;;;/h4-11,21-22H,1-3H3,(H,19,20);3*1H. The van der Waals surface area contributed by atoms with Crippen LogP contribution in [0, 0.1) is 0 Å². The van der Waals surface area contributed by atoms with Crippen molar-refractivity contribution in [2.45, 2.75) is 26.4 Å². The molecule has 0 bridgehead atoms. The van der Waals surface area contributed by atoms with E-state index in [1.165, 1.54) is 0 Å². The highest BCUT2D eigenvalue weighted by atomic mass is 16.6. The summed E-state index contributed by atoms with van der Waals surface area (Å²) in [5.41, 5.74) is 0.427. The summed E-state index contributed by atoms with van der Waals surface area (Å²) in [5.74, 6) is 1.15. The number of nitrogens with one attached hydrogen (secondary N) is 1. The highest BCUT2D eigenvalue weighted by Crippen LogP contribution is 2.22. The lowest BCUT2D eigenvalue weighted by molar-refractivity contribution is 0.0636. The maximum Gasteiger partial charge on any atom is 0.488 e. The highest BCUT2D eigenvalue weighted by Gasteiger charge is 2.16. The van der Waals surface area contributed by atoms with Crippen LogP contribution in [-0.4, -0.2) is 28.9 Å². The molecular formula is C17H26BNO5. The van der Waals surface area contributed by atoms with E-state index >= 15 is 0 Å². The lowest BCUT2D eigenvalue weighted by atomic mass is 9.80. The van der Waals surface area contributed by atoms with Crippen LogP contribution in [0.5, 0.6) is 11.5 Å². The van der Waals surface area contributed by atoms with E-state index in [1.54, 1.807) is 69.3 Å². The summed E-state index contributed by atoms with van der Waals surface area (Å²) in [7, 11) is -1.50. The van der Waals surface area contributed by atoms with E-state index in [9.17, 15) is 4.79 Å². The number of carbonyl (C=O) groups is 1. The molecule has 0 spiro atoms. The quantitative estimate of drug-likeness (QED) is 0.747. The van der Waals surface area contributed by atoms with Gasteiger partial charge < -0.3 is 19.5 Å². The van der Waals surface area contributed by atoms with Crippen molar-refractivity contribution in [1.82, 2.24) is 0 Å². The van der Waals surface area contributed by atoms with Crippen molar-refractivity contribution in [3.8, 4) is 11.5 Å². The van der Waals surface area contributed by atoms with Crippen molar-refractivity contribution in [1.29, 1.82) is 0 Å². The van der Waals surface area contributed by atoms with E-state index in [4.69, 9.17) is 19.5 Å². The van der Waals surface area contributed by atoms with Gasteiger partial charge in [-0.2, -0.15) is 0 Å². The van der Waals surface area contributed by atoms with Crippen LogP contribution in [0.1, 0.15) is 25.1 Å². The minimum Gasteiger partial charge on any atom is -0.457 e. The Hall–Kier alpha value is -2.51. The number of amides is 1. The van der Waals surface area contributed by atoms with Gasteiger partial charge in [-0.1, -0.05) is 12.1 Å². The van der Waals surface area contributed by atoms with Gasteiger partial charge in [0.25, 0.3) is 0 Å². The molecule has 0 radical (unpaired) electrons.